The van der Waals surface area contributed by atoms with E-state index in [0.29, 0.717) is 0 Å². The third-order valence-electron chi connectivity index (χ3n) is 5.88. The van der Waals surface area contributed by atoms with Gasteiger partial charge in [0.25, 0.3) is 0 Å². The van der Waals surface area contributed by atoms with Gasteiger partial charge in [-0.25, -0.2) is 0 Å². The van der Waals surface area contributed by atoms with Crippen LogP contribution in [0, 0.1) is 11.8 Å². The van der Waals surface area contributed by atoms with Crippen LogP contribution >= 0.6 is 0 Å². The summed E-state index contributed by atoms with van der Waals surface area (Å²) in [6, 6.07) is 0. The molecule has 0 aliphatic heterocycles. The maximum atomic E-state index is 13.1. The third kappa shape index (κ3) is 4.02. The van der Waals surface area contributed by atoms with Crippen LogP contribution in [0.5, 0.6) is 0 Å². The van der Waals surface area contributed by atoms with Gasteiger partial charge >= 0.3 is 0 Å². The molecule has 0 heterocycles. The number of Topliss-reactive ketones (excluding diaryl/α,β-unsaturated/α-hetero) is 1. The molecule has 0 aromatic heterocycles. The number of allylic oxidation sites excluding steroid dienone is 2. The van der Waals surface area contributed by atoms with Crippen LogP contribution in [0.1, 0.15) is 61.3 Å². The first kappa shape index (κ1) is 19.9. The largest absolute Gasteiger partial charge is 0.404 e. The van der Waals surface area contributed by atoms with Gasteiger partial charge in [-0.15, -0.1) is 0 Å². The maximum Gasteiger partial charge on any atom is 0.193 e. The van der Waals surface area contributed by atoms with Crippen LogP contribution in [0.15, 0.2) is 11.6 Å². The van der Waals surface area contributed by atoms with E-state index < -0.39 is 14.4 Å². The van der Waals surface area contributed by atoms with Crippen molar-refractivity contribution in [3.05, 3.63) is 11.6 Å². The normalized spacial score (nSPS) is 31.9. The quantitative estimate of drug-likeness (QED) is 0.522. The van der Waals surface area contributed by atoms with E-state index in [2.05, 4.69) is 67.6 Å². The van der Waals surface area contributed by atoms with E-state index in [1.165, 1.54) is 5.57 Å². The second-order valence-corrected chi connectivity index (χ2v) is 14.9. The second-order valence-electron chi connectivity index (χ2n) is 10.2. The minimum absolute atomic E-state index is 0.0656. The molecular weight excluding hydrogens is 316 g/mol. The lowest BCUT2D eigenvalue weighted by molar-refractivity contribution is -0.136. The molecule has 0 radical (unpaired) electrons. The van der Waals surface area contributed by atoms with E-state index >= 15 is 0 Å². The van der Waals surface area contributed by atoms with Crippen molar-refractivity contribution >= 4 is 14.1 Å². The summed E-state index contributed by atoms with van der Waals surface area (Å²) in [7, 11) is -2.03. The van der Waals surface area contributed by atoms with Crippen LogP contribution in [0.2, 0.25) is 18.1 Å². The van der Waals surface area contributed by atoms with Crippen molar-refractivity contribution in [2.45, 2.75) is 97.2 Å². The highest BCUT2D eigenvalue weighted by Gasteiger charge is 2.55. The average Bonchev–Trinajstić information content (AvgIpc) is 2.60. The summed E-state index contributed by atoms with van der Waals surface area (Å²) in [5, 5.41) is 0.0848. The van der Waals surface area contributed by atoms with Crippen molar-refractivity contribution in [1.29, 1.82) is 0 Å². The van der Waals surface area contributed by atoms with Gasteiger partial charge in [-0.2, -0.15) is 0 Å². The highest BCUT2D eigenvalue weighted by atomic mass is 28.4. The standard InChI is InChI=1S/C20H36O3Si/c1-13-10-11-14-15(12-13)17(22-19(2,3)4)18(16(14)21)23-24(8,9)20(5,6)7/h10,14-15,17-18H,11-12H2,1-9H3/t14?,15?,17-,18-/m1/s1. The monoisotopic (exact) mass is 352 g/mol. The smallest absolute Gasteiger partial charge is 0.193 e. The zero-order valence-electron chi connectivity index (χ0n) is 17.0. The first-order valence-electron chi connectivity index (χ1n) is 9.28. The minimum atomic E-state index is -2.03. The molecule has 3 nitrogen and oxygen atoms in total. The van der Waals surface area contributed by atoms with E-state index in [1.54, 1.807) is 0 Å². The SMILES string of the molecule is CC1=CCC2C(=O)[C@@H](O[Si](C)(C)C(C)(C)C)[C@H](OC(C)(C)C)C2C1. The molecule has 0 saturated heterocycles. The fourth-order valence-electron chi connectivity index (χ4n) is 3.55. The van der Waals surface area contributed by atoms with Crippen molar-refractivity contribution in [2.75, 3.05) is 0 Å². The van der Waals surface area contributed by atoms with E-state index in [0.717, 1.165) is 12.8 Å². The molecule has 138 valence electrons. The van der Waals surface area contributed by atoms with Gasteiger partial charge in [0.15, 0.2) is 14.1 Å². The fourth-order valence-corrected chi connectivity index (χ4v) is 4.79. The Balaban J connectivity index is 2.32. The molecule has 2 aliphatic rings. The number of hydrogen-bond acceptors (Lipinski definition) is 3. The van der Waals surface area contributed by atoms with Gasteiger partial charge < -0.3 is 9.16 Å². The van der Waals surface area contributed by atoms with Crippen LogP contribution in [-0.2, 0) is 14.0 Å². The number of hydrogen-bond donors (Lipinski definition) is 0. The summed E-state index contributed by atoms with van der Waals surface area (Å²) in [5.41, 5.74) is 1.10. The van der Waals surface area contributed by atoms with E-state index in [9.17, 15) is 4.79 Å². The Kier molecular flexibility index (Phi) is 5.27. The number of carbonyl (C=O) groups is 1. The number of fused-ring (bicyclic) bond motifs is 1. The fraction of sp³-hybridized carbons (Fsp3) is 0.850. The summed E-state index contributed by atoms with van der Waals surface area (Å²) < 4.78 is 13.0. The Morgan fingerprint density at radius 3 is 2.21 bits per heavy atom. The zero-order chi connectivity index (χ0) is 18.5. The molecule has 4 heteroatoms. The van der Waals surface area contributed by atoms with Crippen molar-refractivity contribution in [2.24, 2.45) is 11.8 Å². The average molecular weight is 353 g/mol. The van der Waals surface area contributed by atoms with E-state index in [4.69, 9.17) is 9.16 Å². The lowest BCUT2D eigenvalue weighted by atomic mass is 9.81. The molecule has 2 aliphatic carbocycles. The lowest BCUT2D eigenvalue weighted by Crippen LogP contribution is -2.49. The van der Waals surface area contributed by atoms with Gasteiger partial charge in [-0.1, -0.05) is 32.4 Å². The molecule has 1 saturated carbocycles. The molecule has 2 unspecified atom stereocenters. The van der Waals surface area contributed by atoms with Gasteiger partial charge in [0.2, 0.25) is 0 Å². The van der Waals surface area contributed by atoms with Gasteiger partial charge in [-0.3, -0.25) is 4.79 Å². The Hall–Kier alpha value is -0.453. The topological polar surface area (TPSA) is 35.5 Å². The van der Waals surface area contributed by atoms with Crippen LogP contribution in [0.25, 0.3) is 0 Å². The zero-order valence-corrected chi connectivity index (χ0v) is 18.0. The molecule has 2 rings (SSSR count). The van der Waals surface area contributed by atoms with E-state index in [1.807, 2.05) is 0 Å². The minimum Gasteiger partial charge on any atom is -0.404 e. The van der Waals surface area contributed by atoms with Crippen molar-refractivity contribution in [3.8, 4) is 0 Å². The number of rotatable bonds is 3. The Morgan fingerprint density at radius 1 is 1.12 bits per heavy atom. The van der Waals surface area contributed by atoms with Crippen molar-refractivity contribution < 1.29 is 14.0 Å². The molecule has 0 spiro atoms. The Morgan fingerprint density at radius 2 is 1.71 bits per heavy atom. The first-order chi connectivity index (χ1) is 10.7. The highest BCUT2D eigenvalue weighted by Crippen LogP contribution is 2.46. The molecule has 0 bridgehead atoms. The molecule has 1 fully saturated rings. The van der Waals surface area contributed by atoms with Gasteiger partial charge in [0, 0.05) is 11.8 Å². The Labute approximate surface area is 149 Å². The summed E-state index contributed by atoms with van der Waals surface area (Å²) >= 11 is 0. The van der Waals surface area contributed by atoms with Gasteiger partial charge in [-0.05, 0) is 58.7 Å². The number of ether oxygens (including phenoxy) is 1. The Bertz CT molecular complexity index is 522. The summed E-state index contributed by atoms with van der Waals surface area (Å²) in [6.45, 7) is 19.5. The number of carbonyl (C=O) groups excluding carboxylic acids is 1. The predicted octanol–water partition coefficient (Wildman–Crippen LogP) is 5.12. The van der Waals surface area contributed by atoms with Gasteiger partial charge in [0.1, 0.15) is 6.10 Å². The van der Waals surface area contributed by atoms with Crippen LogP contribution in [0.4, 0.5) is 0 Å². The summed E-state index contributed by atoms with van der Waals surface area (Å²) in [6.07, 6.45) is 3.49. The molecule has 0 aromatic rings. The second kappa shape index (κ2) is 6.37. The van der Waals surface area contributed by atoms with Crippen molar-refractivity contribution in [1.82, 2.24) is 0 Å². The van der Waals surface area contributed by atoms with E-state index in [-0.39, 0.29) is 34.4 Å². The molecule has 0 N–H and O–H groups in total. The molecule has 0 amide bonds. The van der Waals surface area contributed by atoms with Crippen LogP contribution in [0.3, 0.4) is 0 Å². The van der Waals surface area contributed by atoms with Gasteiger partial charge in [0.05, 0.1) is 11.7 Å². The third-order valence-corrected chi connectivity index (χ3v) is 10.3. The predicted molar refractivity (Wildman–Crippen MR) is 102 cm³/mol. The highest BCUT2D eigenvalue weighted by molar-refractivity contribution is 6.74. The first-order valence-corrected chi connectivity index (χ1v) is 12.2. The van der Waals surface area contributed by atoms with Crippen LogP contribution < -0.4 is 0 Å². The lowest BCUT2D eigenvalue weighted by Gasteiger charge is -2.40. The molecular formula is C20H36O3Si. The molecule has 0 aromatic carbocycles. The molecule has 24 heavy (non-hydrogen) atoms. The summed E-state index contributed by atoms with van der Waals surface area (Å²) in [5.74, 6) is 0.593. The maximum absolute atomic E-state index is 13.1. The van der Waals surface area contributed by atoms with Crippen LogP contribution in [-0.4, -0.2) is 31.9 Å². The number of ketones is 1. The van der Waals surface area contributed by atoms with Crippen molar-refractivity contribution in [3.63, 3.8) is 0 Å². The molecule has 4 atom stereocenters. The summed E-state index contributed by atoms with van der Waals surface area (Å²) in [4.78, 5) is 13.1.